The first-order valence-electron chi connectivity index (χ1n) is 7.55. The van der Waals surface area contributed by atoms with Crippen molar-refractivity contribution < 1.29 is 9.53 Å². The van der Waals surface area contributed by atoms with Gasteiger partial charge in [0.15, 0.2) is 0 Å². The zero-order valence-electron chi connectivity index (χ0n) is 13.9. The van der Waals surface area contributed by atoms with Gasteiger partial charge in [0.25, 0.3) is 0 Å². The van der Waals surface area contributed by atoms with Crippen molar-refractivity contribution in [1.29, 1.82) is 0 Å². The van der Waals surface area contributed by atoms with Gasteiger partial charge < -0.3 is 15.0 Å². The van der Waals surface area contributed by atoms with Gasteiger partial charge in [0.1, 0.15) is 5.75 Å². The van der Waals surface area contributed by atoms with Gasteiger partial charge in [-0.1, -0.05) is 32.0 Å². The number of ether oxygens (including phenoxy) is 1. The Labute approximate surface area is 139 Å². The molecule has 1 unspecified atom stereocenters. The van der Waals surface area contributed by atoms with Crippen molar-refractivity contribution >= 4 is 18.3 Å². The van der Waals surface area contributed by atoms with Crippen molar-refractivity contribution in [3.63, 3.8) is 0 Å². The van der Waals surface area contributed by atoms with E-state index >= 15 is 0 Å². The maximum atomic E-state index is 12.8. The van der Waals surface area contributed by atoms with Crippen molar-refractivity contribution in [1.82, 2.24) is 10.2 Å². The highest BCUT2D eigenvalue weighted by molar-refractivity contribution is 5.85. The first kappa shape index (κ1) is 18.8. The quantitative estimate of drug-likeness (QED) is 0.904. The molecular weight excluding hydrogens is 300 g/mol. The number of carbonyl (C=O) groups excluding carboxylic acids is 1. The number of para-hydroxylation sites is 1. The largest absolute Gasteiger partial charge is 0.496 e. The van der Waals surface area contributed by atoms with E-state index in [1.54, 1.807) is 7.11 Å². The molecule has 1 aliphatic rings. The normalized spacial score (nSPS) is 17.7. The van der Waals surface area contributed by atoms with E-state index in [2.05, 4.69) is 5.32 Å². The molecule has 1 saturated heterocycles. The molecule has 1 aliphatic heterocycles. The van der Waals surface area contributed by atoms with E-state index in [0.717, 1.165) is 30.8 Å². The molecule has 0 saturated carbocycles. The van der Waals surface area contributed by atoms with Crippen molar-refractivity contribution in [3.05, 3.63) is 29.8 Å². The van der Waals surface area contributed by atoms with Gasteiger partial charge in [-0.15, -0.1) is 12.4 Å². The number of hydrogen-bond acceptors (Lipinski definition) is 3. The van der Waals surface area contributed by atoms with E-state index in [4.69, 9.17) is 4.74 Å². The fourth-order valence-electron chi connectivity index (χ4n) is 3.01. The maximum Gasteiger partial charge on any atom is 0.228 e. The van der Waals surface area contributed by atoms with Crippen LogP contribution in [0.3, 0.4) is 0 Å². The van der Waals surface area contributed by atoms with Crippen LogP contribution in [0.15, 0.2) is 24.3 Å². The van der Waals surface area contributed by atoms with Crippen LogP contribution in [-0.4, -0.2) is 44.1 Å². The Kier molecular flexibility index (Phi) is 6.69. The van der Waals surface area contributed by atoms with Crippen molar-refractivity contribution in [2.24, 2.45) is 5.41 Å². The van der Waals surface area contributed by atoms with Gasteiger partial charge in [0, 0.05) is 25.0 Å². The average Bonchev–Trinajstić information content (AvgIpc) is 3.00. The van der Waals surface area contributed by atoms with Crippen LogP contribution in [0, 0.1) is 5.41 Å². The van der Waals surface area contributed by atoms with Crippen LogP contribution in [0.25, 0.3) is 0 Å². The monoisotopic (exact) mass is 326 g/mol. The first-order valence-corrected chi connectivity index (χ1v) is 7.55. The second-order valence-corrected chi connectivity index (χ2v) is 6.44. The number of halogens is 1. The average molecular weight is 327 g/mol. The number of benzene rings is 1. The fraction of sp³-hybridized carbons (Fsp3) is 0.588. The van der Waals surface area contributed by atoms with Gasteiger partial charge in [-0.25, -0.2) is 0 Å². The Morgan fingerprint density at radius 2 is 2.09 bits per heavy atom. The summed E-state index contributed by atoms with van der Waals surface area (Å²) in [5.74, 6) is 1.05. The van der Waals surface area contributed by atoms with Gasteiger partial charge in [0.2, 0.25) is 5.91 Å². The lowest BCUT2D eigenvalue weighted by atomic mass is 9.83. The van der Waals surface area contributed by atoms with E-state index in [1.807, 2.05) is 50.1 Å². The molecular formula is C17H27ClN2O2. The number of rotatable bonds is 5. The second kappa shape index (κ2) is 7.84. The molecule has 1 atom stereocenters. The molecule has 1 aromatic rings. The summed E-state index contributed by atoms with van der Waals surface area (Å²) in [5, 5.41) is 3.31. The van der Waals surface area contributed by atoms with Crippen LogP contribution in [0.4, 0.5) is 0 Å². The minimum absolute atomic E-state index is 0. The Hall–Kier alpha value is -1.26. The highest BCUT2D eigenvalue weighted by Crippen LogP contribution is 2.30. The molecule has 1 N–H and O–H groups in total. The molecule has 22 heavy (non-hydrogen) atoms. The minimum Gasteiger partial charge on any atom is -0.496 e. The second-order valence-electron chi connectivity index (χ2n) is 6.44. The summed E-state index contributed by atoms with van der Waals surface area (Å²) >= 11 is 0. The summed E-state index contributed by atoms with van der Waals surface area (Å²) in [6, 6.07) is 8.23. The number of nitrogens with one attached hydrogen (secondary N) is 1. The van der Waals surface area contributed by atoms with Crippen LogP contribution < -0.4 is 10.1 Å². The molecule has 1 aromatic carbocycles. The number of methoxy groups -OCH3 is 1. The highest BCUT2D eigenvalue weighted by atomic mass is 35.5. The summed E-state index contributed by atoms with van der Waals surface area (Å²) in [5.41, 5.74) is 0.641. The number of carbonyl (C=O) groups is 1. The number of hydrogen-bond donors (Lipinski definition) is 1. The van der Waals surface area contributed by atoms with Gasteiger partial charge in [-0.05, 0) is 31.0 Å². The SMILES string of the molecule is COc1ccccc1CC(C)(C)C(=O)N(C)C1CCNC1.Cl. The third-order valence-corrected chi connectivity index (χ3v) is 4.31. The van der Waals surface area contributed by atoms with Crippen LogP contribution >= 0.6 is 12.4 Å². The third-order valence-electron chi connectivity index (χ3n) is 4.31. The van der Waals surface area contributed by atoms with E-state index in [0.29, 0.717) is 12.5 Å². The van der Waals surface area contributed by atoms with Gasteiger partial charge in [-0.2, -0.15) is 0 Å². The van der Waals surface area contributed by atoms with Gasteiger partial charge in [-0.3, -0.25) is 4.79 Å². The summed E-state index contributed by atoms with van der Waals surface area (Å²) in [6.07, 6.45) is 1.72. The predicted molar refractivity (Wildman–Crippen MR) is 91.8 cm³/mol. The van der Waals surface area contributed by atoms with Crippen LogP contribution in [0.5, 0.6) is 5.75 Å². The van der Waals surface area contributed by atoms with E-state index < -0.39 is 5.41 Å². The summed E-state index contributed by atoms with van der Waals surface area (Å²) in [4.78, 5) is 14.7. The smallest absolute Gasteiger partial charge is 0.228 e. The molecule has 0 bridgehead atoms. The van der Waals surface area contributed by atoms with Crippen LogP contribution in [-0.2, 0) is 11.2 Å². The van der Waals surface area contributed by atoms with E-state index in [-0.39, 0.29) is 18.3 Å². The molecule has 1 fully saturated rings. The summed E-state index contributed by atoms with van der Waals surface area (Å²) in [6.45, 7) is 5.92. The van der Waals surface area contributed by atoms with Crippen molar-refractivity contribution in [2.45, 2.75) is 32.7 Å². The van der Waals surface area contributed by atoms with E-state index in [9.17, 15) is 4.79 Å². The van der Waals surface area contributed by atoms with Crippen molar-refractivity contribution in [3.8, 4) is 5.75 Å². The van der Waals surface area contributed by atoms with E-state index in [1.165, 1.54) is 0 Å². The molecule has 124 valence electrons. The molecule has 1 amide bonds. The van der Waals surface area contributed by atoms with Crippen molar-refractivity contribution in [2.75, 3.05) is 27.2 Å². The molecule has 5 heteroatoms. The minimum atomic E-state index is -0.439. The molecule has 0 spiro atoms. The Morgan fingerprint density at radius 3 is 2.68 bits per heavy atom. The zero-order valence-corrected chi connectivity index (χ0v) is 14.7. The molecule has 1 heterocycles. The highest BCUT2D eigenvalue weighted by Gasteiger charge is 2.35. The molecule has 0 aromatic heterocycles. The molecule has 0 radical (unpaired) electrons. The van der Waals surface area contributed by atoms with Crippen LogP contribution in [0.2, 0.25) is 0 Å². The molecule has 4 nitrogen and oxygen atoms in total. The number of likely N-dealkylation sites (N-methyl/N-ethyl adjacent to an activating group) is 1. The molecule has 0 aliphatic carbocycles. The first-order chi connectivity index (χ1) is 9.95. The summed E-state index contributed by atoms with van der Waals surface area (Å²) in [7, 11) is 3.59. The standard InChI is InChI=1S/C17H26N2O2.ClH/c1-17(2,11-13-7-5-6-8-15(13)21-4)16(20)19(3)14-9-10-18-12-14;/h5-8,14,18H,9-12H2,1-4H3;1H. The topological polar surface area (TPSA) is 41.6 Å². The number of amides is 1. The lowest BCUT2D eigenvalue weighted by Gasteiger charge is -2.33. The van der Waals surface area contributed by atoms with Crippen LogP contribution in [0.1, 0.15) is 25.8 Å². The third kappa shape index (κ3) is 4.14. The lowest BCUT2D eigenvalue weighted by molar-refractivity contribution is -0.140. The molecule has 2 rings (SSSR count). The fourth-order valence-corrected chi connectivity index (χ4v) is 3.01. The summed E-state index contributed by atoms with van der Waals surface area (Å²) < 4.78 is 5.40. The van der Waals surface area contributed by atoms with Gasteiger partial charge in [0.05, 0.1) is 7.11 Å². The Balaban J connectivity index is 0.00000242. The number of nitrogens with zero attached hydrogens (tertiary/aromatic N) is 1. The zero-order chi connectivity index (χ0) is 15.5. The Morgan fingerprint density at radius 1 is 1.41 bits per heavy atom. The lowest BCUT2D eigenvalue weighted by Crippen LogP contribution is -2.46. The predicted octanol–water partition coefficient (Wildman–Crippen LogP) is 2.51. The maximum absolute atomic E-state index is 12.8. The Bertz CT molecular complexity index is 499. The van der Waals surface area contributed by atoms with Gasteiger partial charge >= 0.3 is 0 Å².